The van der Waals surface area contributed by atoms with Gasteiger partial charge in [-0.2, -0.15) is 17.5 Å². The predicted molar refractivity (Wildman–Crippen MR) is 127 cm³/mol. The first-order valence-corrected chi connectivity index (χ1v) is 13.9. The third-order valence-corrected chi connectivity index (χ3v) is 9.64. The number of H-pyrrole nitrogens is 1. The topological polar surface area (TPSA) is 127 Å². The van der Waals surface area contributed by atoms with Crippen LogP contribution in [-0.4, -0.2) is 53.1 Å². The molecule has 1 fully saturated rings. The van der Waals surface area contributed by atoms with Gasteiger partial charge in [0.1, 0.15) is 0 Å². The molecule has 2 aliphatic heterocycles. The molecule has 0 amide bonds. The fourth-order valence-electron chi connectivity index (χ4n) is 4.18. The SMILES string of the molecule is Nc1nc[n+](CCC2CCN(S(=O)(=O)C(F)(F)F)CC2)c2nc(Sc3cc4c(cc3Br)OCO4)[nH]c12. The van der Waals surface area contributed by atoms with Crippen LogP contribution < -0.4 is 19.8 Å². The summed E-state index contributed by atoms with van der Waals surface area (Å²) in [6, 6.07) is 3.68. The molecule has 0 spiro atoms. The number of anilines is 1. The average Bonchev–Trinajstić information content (AvgIpc) is 3.46. The molecule has 0 bridgehead atoms. The van der Waals surface area contributed by atoms with Crippen molar-refractivity contribution in [1.29, 1.82) is 0 Å². The van der Waals surface area contributed by atoms with Crippen LogP contribution in [0.2, 0.25) is 0 Å². The van der Waals surface area contributed by atoms with E-state index in [1.807, 2.05) is 16.7 Å². The highest BCUT2D eigenvalue weighted by Gasteiger charge is 2.50. The number of piperidine rings is 1. The molecule has 0 unspecified atom stereocenters. The fourth-order valence-corrected chi connectivity index (χ4v) is 6.55. The van der Waals surface area contributed by atoms with Crippen LogP contribution in [0.4, 0.5) is 19.0 Å². The molecule has 0 atom stereocenters. The van der Waals surface area contributed by atoms with Crippen molar-refractivity contribution >= 4 is 54.7 Å². The van der Waals surface area contributed by atoms with Crippen LogP contribution in [0.1, 0.15) is 19.3 Å². The van der Waals surface area contributed by atoms with Crippen molar-refractivity contribution in [3.05, 3.63) is 22.9 Å². The maximum Gasteiger partial charge on any atom is 0.511 e. The lowest BCUT2D eigenvalue weighted by atomic mass is 9.95. The van der Waals surface area contributed by atoms with Gasteiger partial charge in [-0.25, -0.2) is 13.0 Å². The van der Waals surface area contributed by atoms with Gasteiger partial charge in [0, 0.05) is 22.5 Å². The molecular weight excluding hydrogens is 589 g/mol. The average molecular weight is 610 g/mol. The van der Waals surface area contributed by atoms with E-state index in [1.54, 1.807) is 6.33 Å². The number of nitrogens with two attached hydrogens (primary N) is 1. The number of rotatable bonds is 6. The molecule has 16 heteroatoms. The first-order chi connectivity index (χ1) is 17.0. The first-order valence-electron chi connectivity index (χ1n) is 10.9. The number of fused-ring (bicyclic) bond motifs is 2. The highest BCUT2D eigenvalue weighted by molar-refractivity contribution is 9.10. The first kappa shape index (κ1) is 25.4. The Bertz CT molecular complexity index is 1410. The van der Waals surface area contributed by atoms with E-state index >= 15 is 0 Å². The molecule has 194 valence electrons. The summed E-state index contributed by atoms with van der Waals surface area (Å²) >= 11 is 4.91. The summed E-state index contributed by atoms with van der Waals surface area (Å²) in [5.41, 5.74) is 1.95. The Morgan fingerprint density at radius 3 is 2.64 bits per heavy atom. The molecule has 2 aromatic heterocycles. The Labute approximate surface area is 216 Å². The van der Waals surface area contributed by atoms with E-state index < -0.39 is 15.5 Å². The molecule has 4 heterocycles. The molecule has 5 rings (SSSR count). The van der Waals surface area contributed by atoms with Crippen molar-refractivity contribution in [2.24, 2.45) is 5.92 Å². The third-order valence-electron chi connectivity index (χ3n) is 6.15. The Hall–Kier alpha value is -2.30. The van der Waals surface area contributed by atoms with Crippen LogP contribution in [0.5, 0.6) is 11.5 Å². The van der Waals surface area contributed by atoms with Gasteiger partial charge in [0.2, 0.25) is 24.1 Å². The number of hydrogen-bond acceptors (Lipinski definition) is 8. The molecule has 0 saturated carbocycles. The molecule has 1 saturated heterocycles. The standard InChI is InChI=1S/C20H20BrF3N6O4S2/c21-12-7-13-14(34-10-33-13)8-15(12)35-19-27-16-17(25)26-9-29(18(16)28-19)4-1-11-2-5-30(6-3-11)36(31,32)20(22,23)24/h7-9,11H,1-6,10H2,(H2,25,27,28)/p+1. The number of alkyl halides is 3. The van der Waals surface area contributed by atoms with Gasteiger partial charge in [-0.15, -0.1) is 0 Å². The second-order valence-electron chi connectivity index (χ2n) is 8.38. The van der Waals surface area contributed by atoms with Crippen LogP contribution in [0.25, 0.3) is 11.2 Å². The second kappa shape index (κ2) is 9.54. The molecule has 2 aliphatic rings. The monoisotopic (exact) mass is 609 g/mol. The normalized spacial score (nSPS) is 17.2. The fraction of sp³-hybridized carbons (Fsp3) is 0.450. The Kier molecular flexibility index (Phi) is 6.72. The number of halogens is 4. The summed E-state index contributed by atoms with van der Waals surface area (Å²) in [6.07, 6.45) is 2.91. The van der Waals surface area contributed by atoms with E-state index in [0.717, 1.165) is 9.37 Å². The quantitative estimate of drug-likeness (QED) is 0.407. The molecule has 3 aromatic rings. The molecule has 36 heavy (non-hydrogen) atoms. The summed E-state index contributed by atoms with van der Waals surface area (Å²) in [5, 5.41) is 0.587. The van der Waals surface area contributed by atoms with Crippen LogP contribution in [0.3, 0.4) is 0 Å². The number of ether oxygens (including phenoxy) is 2. The number of benzene rings is 1. The highest BCUT2D eigenvalue weighted by Crippen LogP contribution is 2.42. The minimum absolute atomic E-state index is 0.0714. The molecule has 0 aliphatic carbocycles. The number of sulfonamides is 1. The zero-order chi connectivity index (χ0) is 25.7. The van der Waals surface area contributed by atoms with Gasteiger partial charge in [0.05, 0.1) is 6.54 Å². The lowest BCUT2D eigenvalue weighted by molar-refractivity contribution is -0.677. The predicted octanol–water partition coefficient (Wildman–Crippen LogP) is 3.42. The Morgan fingerprint density at radius 1 is 1.25 bits per heavy atom. The summed E-state index contributed by atoms with van der Waals surface area (Å²) in [7, 11) is -5.28. The van der Waals surface area contributed by atoms with Crippen molar-refractivity contribution in [2.75, 3.05) is 25.6 Å². The number of imidazole rings is 1. The molecule has 10 nitrogen and oxygen atoms in total. The number of aromatic amines is 1. The van der Waals surface area contributed by atoms with E-state index in [4.69, 9.17) is 15.2 Å². The lowest BCUT2D eigenvalue weighted by Gasteiger charge is -2.31. The number of aryl methyl sites for hydroxylation is 1. The van der Waals surface area contributed by atoms with E-state index in [9.17, 15) is 21.6 Å². The molecule has 1 aromatic carbocycles. The van der Waals surface area contributed by atoms with Gasteiger partial charge >= 0.3 is 15.5 Å². The van der Waals surface area contributed by atoms with Gasteiger partial charge < -0.3 is 20.2 Å². The maximum atomic E-state index is 12.8. The summed E-state index contributed by atoms with van der Waals surface area (Å²) in [6.45, 7) is 0.364. The number of nitrogen functional groups attached to an aromatic ring is 1. The van der Waals surface area contributed by atoms with E-state index in [0.29, 0.717) is 57.9 Å². The van der Waals surface area contributed by atoms with Gasteiger partial charge in [-0.3, -0.25) is 0 Å². The summed E-state index contributed by atoms with van der Waals surface area (Å²) in [4.78, 5) is 13.0. The van der Waals surface area contributed by atoms with Crippen LogP contribution in [0, 0.1) is 5.92 Å². The lowest BCUT2D eigenvalue weighted by Crippen LogP contribution is -2.45. The summed E-state index contributed by atoms with van der Waals surface area (Å²) < 4.78 is 75.7. The Balaban J connectivity index is 1.28. The van der Waals surface area contributed by atoms with Gasteiger partial charge in [-0.05, 0) is 65.0 Å². The summed E-state index contributed by atoms with van der Waals surface area (Å²) in [5.74, 6) is 1.66. The molecule has 0 radical (unpaired) electrons. The second-order valence-corrected chi connectivity index (χ2v) is 12.2. The van der Waals surface area contributed by atoms with Gasteiger partial charge in [0.15, 0.2) is 17.0 Å². The minimum Gasteiger partial charge on any atom is -0.454 e. The number of nitrogens with one attached hydrogen (secondary N) is 1. The van der Waals surface area contributed by atoms with Gasteiger partial charge in [-0.1, -0.05) is 9.97 Å². The number of hydrogen-bond donors (Lipinski definition) is 2. The smallest absolute Gasteiger partial charge is 0.454 e. The van der Waals surface area contributed by atoms with Crippen molar-refractivity contribution in [3.8, 4) is 11.5 Å². The zero-order valence-electron chi connectivity index (χ0n) is 18.6. The zero-order valence-corrected chi connectivity index (χ0v) is 21.8. The van der Waals surface area contributed by atoms with Crippen molar-refractivity contribution in [2.45, 2.75) is 41.4 Å². The molecular formula is C20H21BrF3N6O4S2+. The van der Waals surface area contributed by atoms with E-state index in [-0.39, 0.29) is 31.6 Å². The van der Waals surface area contributed by atoms with E-state index in [1.165, 1.54) is 11.8 Å². The van der Waals surface area contributed by atoms with Crippen molar-refractivity contribution in [3.63, 3.8) is 0 Å². The number of aromatic nitrogens is 4. The third kappa shape index (κ3) is 4.82. The minimum atomic E-state index is -5.28. The largest absolute Gasteiger partial charge is 0.511 e. The molecule has 3 N–H and O–H groups in total. The number of nitrogens with zero attached hydrogens (tertiary/aromatic N) is 4. The van der Waals surface area contributed by atoms with Crippen LogP contribution in [-0.2, 0) is 16.6 Å². The highest BCUT2D eigenvalue weighted by atomic mass is 79.9. The van der Waals surface area contributed by atoms with E-state index in [2.05, 4.69) is 30.9 Å². The van der Waals surface area contributed by atoms with Crippen LogP contribution in [0.15, 0.2) is 33.0 Å². The van der Waals surface area contributed by atoms with Crippen LogP contribution >= 0.6 is 27.7 Å². The van der Waals surface area contributed by atoms with Crippen molar-refractivity contribution in [1.82, 2.24) is 19.3 Å². The maximum absolute atomic E-state index is 12.8. The van der Waals surface area contributed by atoms with Gasteiger partial charge in [0.25, 0.3) is 5.65 Å². The van der Waals surface area contributed by atoms with Crippen molar-refractivity contribution < 1.29 is 35.6 Å². The Morgan fingerprint density at radius 2 is 1.94 bits per heavy atom.